The Morgan fingerprint density at radius 2 is 1.93 bits per heavy atom. The van der Waals surface area contributed by atoms with Crippen LogP contribution in [0, 0.1) is 0 Å². The summed E-state index contributed by atoms with van der Waals surface area (Å²) in [5.41, 5.74) is 1.05. The fourth-order valence-corrected chi connectivity index (χ4v) is 4.19. The summed E-state index contributed by atoms with van der Waals surface area (Å²) >= 11 is 0. The van der Waals surface area contributed by atoms with Gasteiger partial charge in [0.25, 0.3) is 12.0 Å². The molecule has 9 heteroatoms. The minimum absolute atomic E-state index is 0.227. The van der Waals surface area contributed by atoms with E-state index < -0.39 is 18.5 Å². The Morgan fingerprint density at radius 1 is 1.17 bits per heavy atom. The van der Waals surface area contributed by atoms with E-state index in [4.69, 9.17) is 0 Å². The number of piperazine rings is 1. The van der Waals surface area contributed by atoms with E-state index in [2.05, 4.69) is 14.8 Å². The van der Waals surface area contributed by atoms with Crippen LogP contribution in [0.4, 0.5) is 14.5 Å². The number of amides is 1. The van der Waals surface area contributed by atoms with Gasteiger partial charge in [-0.3, -0.25) is 19.1 Å². The van der Waals surface area contributed by atoms with Crippen LogP contribution in [0.2, 0.25) is 0 Å². The van der Waals surface area contributed by atoms with Crippen molar-refractivity contribution < 1.29 is 13.6 Å². The number of alkyl halides is 2. The fraction of sp³-hybridized carbons (Fsp3) is 0.550. The second-order valence-corrected chi connectivity index (χ2v) is 7.78. The van der Waals surface area contributed by atoms with Crippen molar-refractivity contribution >= 4 is 22.5 Å². The largest absolute Gasteiger partial charge is 0.369 e. The molecule has 0 saturated carbocycles. The molecule has 0 radical (unpaired) electrons. The number of fused-ring (bicyclic) bond motifs is 1. The molecule has 0 aliphatic carbocycles. The van der Waals surface area contributed by atoms with Gasteiger partial charge in [0.1, 0.15) is 0 Å². The molecule has 3 heterocycles. The predicted molar refractivity (Wildman–Crippen MR) is 106 cm³/mol. The van der Waals surface area contributed by atoms with Gasteiger partial charge in [-0.05, 0) is 24.6 Å². The molecule has 2 saturated heterocycles. The maximum Gasteiger partial charge on any atom is 0.261 e. The van der Waals surface area contributed by atoms with E-state index in [1.165, 1.54) is 6.33 Å². The van der Waals surface area contributed by atoms with Crippen molar-refractivity contribution in [2.45, 2.75) is 31.9 Å². The predicted octanol–water partition coefficient (Wildman–Crippen LogP) is 1.40. The van der Waals surface area contributed by atoms with E-state index in [0.29, 0.717) is 23.4 Å². The number of anilines is 1. The number of carbonyl (C=O) groups excluding carboxylic acids is 1. The van der Waals surface area contributed by atoms with Crippen molar-refractivity contribution in [2.75, 3.05) is 44.7 Å². The zero-order chi connectivity index (χ0) is 20.5. The van der Waals surface area contributed by atoms with Gasteiger partial charge in [-0.2, -0.15) is 0 Å². The summed E-state index contributed by atoms with van der Waals surface area (Å²) in [6.45, 7) is 3.75. The highest BCUT2D eigenvalue weighted by atomic mass is 19.3. The van der Waals surface area contributed by atoms with E-state index in [0.717, 1.165) is 49.4 Å². The van der Waals surface area contributed by atoms with Gasteiger partial charge in [0.2, 0.25) is 5.91 Å². The third-order valence-electron chi connectivity index (χ3n) is 5.98. The standard InChI is InChI=1S/C20H25F2N5O2/c1-24-15(3-5-19(24)28)11-25-6-8-26(9-7-25)14-2-4-16-17(10-14)23-13-27(20(16)29)12-18(21)22/h2,4,10,13,15,18H,3,5-9,11-12H2,1H3. The summed E-state index contributed by atoms with van der Waals surface area (Å²) in [5, 5.41) is 0.351. The van der Waals surface area contributed by atoms with Crippen LogP contribution in [0.1, 0.15) is 12.8 Å². The van der Waals surface area contributed by atoms with Crippen LogP contribution in [0.5, 0.6) is 0 Å². The molecule has 1 unspecified atom stereocenters. The lowest BCUT2D eigenvalue weighted by Crippen LogP contribution is -2.50. The first-order valence-corrected chi connectivity index (χ1v) is 9.92. The molecule has 0 bridgehead atoms. The third kappa shape index (κ3) is 4.10. The van der Waals surface area contributed by atoms with E-state index >= 15 is 0 Å². The fourth-order valence-electron chi connectivity index (χ4n) is 4.19. The van der Waals surface area contributed by atoms with Crippen LogP contribution >= 0.6 is 0 Å². The molecule has 7 nitrogen and oxygen atoms in total. The van der Waals surface area contributed by atoms with Gasteiger partial charge < -0.3 is 9.80 Å². The number of hydrogen-bond donors (Lipinski definition) is 0. The van der Waals surface area contributed by atoms with Crippen LogP contribution in [-0.4, -0.2) is 77.5 Å². The Morgan fingerprint density at radius 3 is 2.59 bits per heavy atom. The molecule has 1 aromatic heterocycles. The lowest BCUT2D eigenvalue weighted by atomic mass is 10.1. The molecular weight excluding hydrogens is 380 g/mol. The number of rotatable bonds is 5. The number of likely N-dealkylation sites (tertiary alicyclic amines) is 1. The van der Waals surface area contributed by atoms with Crippen LogP contribution in [0.3, 0.4) is 0 Å². The number of aromatic nitrogens is 2. The maximum absolute atomic E-state index is 12.6. The molecule has 1 aromatic carbocycles. The number of benzene rings is 1. The van der Waals surface area contributed by atoms with Gasteiger partial charge in [-0.15, -0.1) is 0 Å². The minimum atomic E-state index is -2.59. The first-order chi connectivity index (χ1) is 13.9. The first-order valence-electron chi connectivity index (χ1n) is 9.92. The van der Waals surface area contributed by atoms with Crippen molar-refractivity contribution in [2.24, 2.45) is 0 Å². The Labute approximate surface area is 167 Å². The summed E-state index contributed by atoms with van der Waals surface area (Å²) in [5.74, 6) is 0.227. The molecule has 29 heavy (non-hydrogen) atoms. The summed E-state index contributed by atoms with van der Waals surface area (Å²) in [6, 6.07) is 5.68. The van der Waals surface area contributed by atoms with Gasteiger partial charge in [0.05, 0.1) is 23.8 Å². The Kier molecular flexibility index (Phi) is 5.49. The van der Waals surface area contributed by atoms with Crippen molar-refractivity contribution in [3.05, 3.63) is 34.9 Å². The zero-order valence-corrected chi connectivity index (χ0v) is 16.4. The van der Waals surface area contributed by atoms with Gasteiger partial charge in [-0.1, -0.05) is 0 Å². The van der Waals surface area contributed by atoms with E-state index in [1.54, 1.807) is 6.07 Å². The third-order valence-corrected chi connectivity index (χ3v) is 5.98. The smallest absolute Gasteiger partial charge is 0.261 e. The molecule has 2 aliphatic heterocycles. The topological polar surface area (TPSA) is 61.7 Å². The lowest BCUT2D eigenvalue weighted by molar-refractivity contribution is -0.127. The van der Waals surface area contributed by atoms with Gasteiger partial charge in [0, 0.05) is 57.9 Å². The van der Waals surface area contributed by atoms with Crippen molar-refractivity contribution in [3.63, 3.8) is 0 Å². The number of halogens is 2. The van der Waals surface area contributed by atoms with E-state index in [-0.39, 0.29) is 5.91 Å². The summed E-state index contributed by atoms with van der Waals surface area (Å²) in [4.78, 5) is 34.7. The second kappa shape index (κ2) is 8.06. The highest BCUT2D eigenvalue weighted by molar-refractivity contribution is 5.81. The monoisotopic (exact) mass is 405 g/mol. The maximum atomic E-state index is 12.6. The van der Waals surface area contributed by atoms with Crippen molar-refractivity contribution in [1.82, 2.24) is 19.4 Å². The van der Waals surface area contributed by atoms with E-state index in [9.17, 15) is 18.4 Å². The Balaban J connectivity index is 1.42. The zero-order valence-electron chi connectivity index (χ0n) is 16.4. The van der Waals surface area contributed by atoms with Gasteiger partial charge >= 0.3 is 0 Å². The molecule has 2 aliphatic rings. The first kappa shape index (κ1) is 19.8. The SMILES string of the molecule is CN1C(=O)CCC1CN1CCN(c2ccc3c(=O)n(CC(F)F)cnc3c2)CC1. The average molecular weight is 405 g/mol. The molecule has 4 rings (SSSR count). The minimum Gasteiger partial charge on any atom is -0.369 e. The van der Waals surface area contributed by atoms with E-state index in [1.807, 2.05) is 24.1 Å². The molecule has 0 spiro atoms. The molecule has 1 amide bonds. The quantitative estimate of drug-likeness (QED) is 0.753. The highest BCUT2D eigenvalue weighted by Crippen LogP contribution is 2.22. The van der Waals surface area contributed by atoms with Crippen LogP contribution in [0.25, 0.3) is 10.9 Å². The summed E-state index contributed by atoms with van der Waals surface area (Å²) in [6.07, 6.45) is 0.168. The molecular formula is C20H25F2N5O2. The summed E-state index contributed by atoms with van der Waals surface area (Å²) in [7, 11) is 1.88. The molecule has 0 N–H and O–H groups in total. The normalized spacial score (nSPS) is 21.0. The van der Waals surface area contributed by atoms with Crippen molar-refractivity contribution in [3.8, 4) is 0 Å². The highest BCUT2D eigenvalue weighted by Gasteiger charge is 2.30. The lowest BCUT2D eigenvalue weighted by Gasteiger charge is -2.38. The molecule has 2 fully saturated rings. The number of likely N-dealkylation sites (N-methyl/N-ethyl adjacent to an activating group) is 1. The van der Waals surface area contributed by atoms with Crippen LogP contribution < -0.4 is 10.5 Å². The second-order valence-electron chi connectivity index (χ2n) is 7.78. The molecule has 1 atom stereocenters. The molecule has 2 aromatic rings. The molecule has 156 valence electrons. The van der Waals surface area contributed by atoms with Crippen LogP contribution in [-0.2, 0) is 11.3 Å². The van der Waals surface area contributed by atoms with Gasteiger partial charge in [0.15, 0.2) is 0 Å². The van der Waals surface area contributed by atoms with Crippen molar-refractivity contribution in [1.29, 1.82) is 0 Å². The Hall–Kier alpha value is -2.55. The number of hydrogen-bond acceptors (Lipinski definition) is 5. The number of carbonyl (C=O) groups is 1. The number of nitrogens with zero attached hydrogens (tertiary/aromatic N) is 5. The average Bonchev–Trinajstić information content (AvgIpc) is 3.02. The van der Waals surface area contributed by atoms with Crippen LogP contribution in [0.15, 0.2) is 29.3 Å². The summed E-state index contributed by atoms with van der Waals surface area (Å²) < 4.78 is 26.1. The Bertz CT molecular complexity index is 956. The van der Waals surface area contributed by atoms with Gasteiger partial charge in [-0.25, -0.2) is 13.8 Å².